The lowest BCUT2D eigenvalue weighted by Gasteiger charge is -2.30. The summed E-state index contributed by atoms with van der Waals surface area (Å²) in [6.07, 6.45) is 3.41. The van der Waals surface area contributed by atoms with Crippen molar-refractivity contribution in [3.05, 3.63) is 53.0 Å². The molecule has 0 radical (unpaired) electrons. The van der Waals surface area contributed by atoms with E-state index in [1.807, 2.05) is 13.0 Å². The number of hydrogen-bond donors (Lipinski definition) is 0. The maximum absolute atomic E-state index is 11.1. The molecule has 0 aliphatic carbocycles. The highest BCUT2D eigenvalue weighted by Crippen LogP contribution is 2.24. The molecule has 19 heavy (non-hydrogen) atoms. The zero-order chi connectivity index (χ0) is 13.2. The average Bonchev–Trinajstić information content (AvgIpc) is 2.46. The number of hydrogen-bond acceptors (Lipinski definition) is 4. The summed E-state index contributed by atoms with van der Waals surface area (Å²) in [6, 6.07) is 8.42. The standard InChI is InChI=1S/C15H15N3O/c1-11-16-8-14(10-19)15(17-11)18-7-6-12-4-2-3-5-13(12)9-18/h2-5,8,10H,6-7,9H2,1H3. The van der Waals surface area contributed by atoms with E-state index in [4.69, 9.17) is 0 Å². The first kappa shape index (κ1) is 11.8. The summed E-state index contributed by atoms with van der Waals surface area (Å²) >= 11 is 0. The van der Waals surface area contributed by atoms with Gasteiger partial charge in [-0.25, -0.2) is 9.97 Å². The van der Waals surface area contributed by atoms with Crippen molar-refractivity contribution < 1.29 is 4.79 Å². The van der Waals surface area contributed by atoms with Crippen LogP contribution in [0.1, 0.15) is 27.3 Å². The van der Waals surface area contributed by atoms with Gasteiger partial charge in [-0.05, 0) is 24.5 Å². The van der Waals surface area contributed by atoms with Crippen LogP contribution in [0.5, 0.6) is 0 Å². The second kappa shape index (κ2) is 4.80. The molecule has 2 heterocycles. The van der Waals surface area contributed by atoms with Gasteiger partial charge in [-0.15, -0.1) is 0 Å². The van der Waals surface area contributed by atoms with E-state index in [2.05, 4.69) is 33.1 Å². The Hall–Kier alpha value is -2.23. The maximum atomic E-state index is 11.1. The fourth-order valence-corrected chi connectivity index (χ4v) is 2.48. The van der Waals surface area contributed by atoms with Gasteiger partial charge in [0.25, 0.3) is 0 Å². The van der Waals surface area contributed by atoms with Crippen LogP contribution in [0.3, 0.4) is 0 Å². The number of carbonyl (C=O) groups is 1. The van der Waals surface area contributed by atoms with Crippen LogP contribution >= 0.6 is 0 Å². The van der Waals surface area contributed by atoms with E-state index in [9.17, 15) is 4.79 Å². The summed E-state index contributed by atoms with van der Waals surface area (Å²) in [7, 11) is 0. The Kier molecular flexibility index (Phi) is 2.99. The van der Waals surface area contributed by atoms with E-state index < -0.39 is 0 Å². The quantitative estimate of drug-likeness (QED) is 0.769. The minimum atomic E-state index is 0.560. The van der Waals surface area contributed by atoms with E-state index in [1.54, 1.807) is 6.20 Å². The molecule has 0 saturated carbocycles. The molecule has 4 heteroatoms. The van der Waals surface area contributed by atoms with Crippen LogP contribution < -0.4 is 4.90 Å². The second-order valence-corrected chi connectivity index (χ2v) is 4.75. The highest BCUT2D eigenvalue weighted by atomic mass is 16.1. The summed E-state index contributed by atoms with van der Waals surface area (Å²) in [5.74, 6) is 1.44. The molecule has 1 aliphatic rings. The van der Waals surface area contributed by atoms with Gasteiger partial charge in [0.05, 0.1) is 5.56 Å². The third-order valence-electron chi connectivity index (χ3n) is 3.47. The van der Waals surface area contributed by atoms with Crippen LogP contribution in [-0.2, 0) is 13.0 Å². The topological polar surface area (TPSA) is 46.1 Å². The molecular weight excluding hydrogens is 238 g/mol. The first-order valence-electron chi connectivity index (χ1n) is 6.38. The van der Waals surface area contributed by atoms with Crippen molar-refractivity contribution in [1.82, 2.24) is 9.97 Å². The molecule has 1 aliphatic heterocycles. The first-order valence-corrected chi connectivity index (χ1v) is 6.38. The summed E-state index contributed by atoms with van der Waals surface area (Å²) < 4.78 is 0. The van der Waals surface area contributed by atoms with Gasteiger partial charge in [-0.2, -0.15) is 0 Å². The van der Waals surface area contributed by atoms with Gasteiger partial charge < -0.3 is 4.90 Å². The Bertz CT molecular complexity index is 625. The Labute approximate surface area is 112 Å². The van der Waals surface area contributed by atoms with Crippen LogP contribution in [0.4, 0.5) is 5.82 Å². The molecule has 0 atom stereocenters. The molecule has 4 nitrogen and oxygen atoms in total. The molecule has 3 rings (SSSR count). The third-order valence-corrected chi connectivity index (χ3v) is 3.47. The van der Waals surface area contributed by atoms with Crippen molar-refractivity contribution in [1.29, 1.82) is 0 Å². The molecule has 96 valence electrons. The molecule has 0 fully saturated rings. The van der Waals surface area contributed by atoms with Crippen molar-refractivity contribution in [2.24, 2.45) is 0 Å². The second-order valence-electron chi connectivity index (χ2n) is 4.75. The van der Waals surface area contributed by atoms with Gasteiger partial charge in [0, 0.05) is 19.3 Å². The molecule has 2 aromatic rings. The highest BCUT2D eigenvalue weighted by Gasteiger charge is 2.19. The largest absolute Gasteiger partial charge is 0.351 e. The number of aromatic nitrogens is 2. The molecular formula is C15H15N3O. The number of aryl methyl sites for hydroxylation is 1. The normalized spacial score (nSPS) is 14.1. The van der Waals surface area contributed by atoms with E-state index in [0.29, 0.717) is 11.4 Å². The van der Waals surface area contributed by atoms with Gasteiger partial charge in [0.1, 0.15) is 11.6 Å². The molecule has 1 aromatic carbocycles. The summed E-state index contributed by atoms with van der Waals surface area (Å²) in [6.45, 7) is 3.53. The number of aldehydes is 1. The zero-order valence-electron chi connectivity index (χ0n) is 10.8. The van der Waals surface area contributed by atoms with Crippen LogP contribution in [-0.4, -0.2) is 22.8 Å². The molecule has 0 unspecified atom stereocenters. The smallest absolute Gasteiger partial charge is 0.155 e. The highest BCUT2D eigenvalue weighted by molar-refractivity contribution is 5.82. The van der Waals surface area contributed by atoms with Crippen LogP contribution in [0, 0.1) is 6.92 Å². The summed E-state index contributed by atoms with van der Waals surface area (Å²) in [5, 5.41) is 0. The van der Waals surface area contributed by atoms with Crippen molar-refractivity contribution in [3.63, 3.8) is 0 Å². The molecule has 0 N–H and O–H groups in total. The van der Waals surface area contributed by atoms with E-state index in [0.717, 1.165) is 31.6 Å². The average molecular weight is 253 g/mol. The zero-order valence-corrected chi connectivity index (χ0v) is 10.8. The maximum Gasteiger partial charge on any atom is 0.155 e. The fourth-order valence-electron chi connectivity index (χ4n) is 2.48. The van der Waals surface area contributed by atoms with Crippen LogP contribution in [0.25, 0.3) is 0 Å². The van der Waals surface area contributed by atoms with Crippen LogP contribution in [0.15, 0.2) is 30.5 Å². The van der Waals surface area contributed by atoms with E-state index in [1.165, 1.54) is 11.1 Å². The minimum absolute atomic E-state index is 0.560. The van der Waals surface area contributed by atoms with Crippen molar-refractivity contribution in [2.45, 2.75) is 19.9 Å². The molecule has 0 bridgehead atoms. The lowest BCUT2D eigenvalue weighted by Crippen LogP contribution is -2.32. The summed E-state index contributed by atoms with van der Waals surface area (Å²) in [5.41, 5.74) is 3.25. The number of rotatable bonds is 2. The number of benzene rings is 1. The third kappa shape index (κ3) is 2.21. The molecule has 0 saturated heterocycles. The lowest BCUT2D eigenvalue weighted by atomic mass is 10.00. The monoisotopic (exact) mass is 253 g/mol. The predicted molar refractivity (Wildman–Crippen MR) is 73.4 cm³/mol. The van der Waals surface area contributed by atoms with Gasteiger partial charge in [-0.3, -0.25) is 4.79 Å². The molecule has 0 spiro atoms. The van der Waals surface area contributed by atoms with Crippen molar-refractivity contribution >= 4 is 12.1 Å². The van der Waals surface area contributed by atoms with Crippen LogP contribution in [0.2, 0.25) is 0 Å². The predicted octanol–water partition coefficient (Wildman–Crippen LogP) is 2.16. The number of anilines is 1. The Morgan fingerprint density at radius 3 is 2.84 bits per heavy atom. The minimum Gasteiger partial charge on any atom is -0.351 e. The van der Waals surface area contributed by atoms with Gasteiger partial charge in [-0.1, -0.05) is 24.3 Å². The van der Waals surface area contributed by atoms with Gasteiger partial charge >= 0.3 is 0 Å². The van der Waals surface area contributed by atoms with Crippen molar-refractivity contribution in [2.75, 3.05) is 11.4 Å². The number of nitrogens with zero attached hydrogens (tertiary/aromatic N) is 3. The fraction of sp³-hybridized carbons (Fsp3) is 0.267. The molecule has 1 aromatic heterocycles. The van der Waals surface area contributed by atoms with Gasteiger partial charge in [0.2, 0.25) is 0 Å². The first-order chi connectivity index (χ1) is 9.28. The van der Waals surface area contributed by atoms with Gasteiger partial charge in [0.15, 0.2) is 6.29 Å². The number of fused-ring (bicyclic) bond motifs is 1. The summed E-state index contributed by atoms with van der Waals surface area (Å²) in [4.78, 5) is 21.8. The Morgan fingerprint density at radius 1 is 1.26 bits per heavy atom. The van der Waals surface area contributed by atoms with E-state index in [-0.39, 0.29) is 0 Å². The van der Waals surface area contributed by atoms with E-state index >= 15 is 0 Å². The molecule has 0 amide bonds. The Morgan fingerprint density at radius 2 is 2.05 bits per heavy atom. The SMILES string of the molecule is Cc1ncc(C=O)c(N2CCc3ccccc3C2)n1. The number of carbonyl (C=O) groups excluding carboxylic acids is 1. The van der Waals surface area contributed by atoms with Crippen molar-refractivity contribution in [3.8, 4) is 0 Å². The lowest BCUT2D eigenvalue weighted by molar-refractivity contribution is 0.112. The Balaban J connectivity index is 1.97.